The molecule has 2 aromatic heterocycles. The molecule has 0 unspecified atom stereocenters. The van der Waals surface area contributed by atoms with Gasteiger partial charge >= 0.3 is 0 Å². The number of fused-ring (bicyclic) bond motifs is 1. The molecule has 138 valence electrons. The Morgan fingerprint density at radius 1 is 0.963 bits per heavy atom. The van der Waals surface area contributed by atoms with Gasteiger partial charge in [0.25, 0.3) is 0 Å². The molecule has 0 radical (unpaired) electrons. The molecular weight excluding hydrogens is 386 g/mol. The molecule has 0 spiro atoms. The van der Waals surface area contributed by atoms with Crippen LogP contribution in [0.1, 0.15) is 0 Å². The highest BCUT2D eigenvalue weighted by atomic mass is 35.5. The lowest BCUT2D eigenvalue weighted by Crippen LogP contribution is -1.98. The standard InChI is InChI=1S/C18H15N5O2S.ClH/c1-24-16-7-13-14(8-17(16)25-2)19-10-20-18(13)21-12-5-3-11(4-6-12)15-9-26-23-22-15;/h3-10H,1-2H3,(H,19,20,21);1H. The summed E-state index contributed by atoms with van der Waals surface area (Å²) in [5.74, 6) is 1.95. The molecule has 2 heterocycles. The zero-order valence-electron chi connectivity index (χ0n) is 14.5. The second-order valence-electron chi connectivity index (χ2n) is 5.44. The fourth-order valence-electron chi connectivity index (χ4n) is 2.63. The molecule has 0 aliphatic rings. The second kappa shape index (κ2) is 8.15. The van der Waals surface area contributed by atoms with E-state index < -0.39 is 0 Å². The van der Waals surface area contributed by atoms with Gasteiger partial charge in [-0.2, -0.15) is 0 Å². The van der Waals surface area contributed by atoms with Gasteiger partial charge in [0.2, 0.25) is 0 Å². The first-order valence-electron chi connectivity index (χ1n) is 7.79. The highest BCUT2D eigenvalue weighted by Crippen LogP contribution is 2.34. The molecule has 2 aromatic carbocycles. The molecule has 0 aliphatic carbocycles. The van der Waals surface area contributed by atoms with E-state index in [0.29, 0.717) is 17.3 Å². The number of anilines is 2. The highest BCUT2D eigenvalue weighted by molar-refractivity contribution is 7.03. The average molecular weight is 402 g/mol. The normalized spacial score (nSPS) is 10.3. The van der Waals surface area contributed by atoms with Crippen LogP contribution in [0.3, 0.4) is 0 Å². The van der Waals surface area contributed by atoms with Crippen molar-refractivity contribution in [3.63, 3.8) is 0 Å². The first kappa shape index (κ1) is 18.8. The number of hydrogen-bond acceptors (Lipinski definition) is 8. The van der Waals surface area contributed by atoms with Crippen molar-refractivity contribution in [3.05, 3.63) is 48.1 Å². The summed E-state index contributed by atoms with van der Waals surface area (Å²) < 4.78 is 14.6. The van der Waals surface area contributed by atoms with Gasteiger partial charge in [0.05, 0.1) is 19.7 Å². The zero-order chi connectivity index (χ0) is 17.9. The van der Waals surface area contributed by atoms with Crippen LogP contribution in [0.4, 0.5) is 11.5 Å². The van der Waals surface area contributed by atoms with Crippen molar-refractivity contribution in [2.24, 2.45) is 0 Å². The van der Waals surface area contributed by atoms with Crippen LogP contribution in [0.5, 0.6) is 11.5 Å². The van der Waals surface area contributed by atoms with Crippen LogP contribution in [0.15, 0.2) is 48.1 Å². The fourth-order valence-corrected chi connectivity index (χ4v) is 3.10. The highest BCUT2D eigenvalue weighted by Gasteiger charge is 2.11. The average Bonchev–Trinajstić information content (AvgIpc) is 3.22. The first-order chi connectivity index (χ1) is 12.8. The summed E-state index contributed by atoms with van der Waals surface area (Å²) in [4.78, 5) is 8.68. The zero-order valence-corrected chi connectivity index (χ0v) is 16.2. The largest absolute Gasteiger partial charge is 0.493 e. The minimum Gasteiger partial charge on any atom is -0.493 e. The van der Waals surface area contributed by atoms with Crippen LogP contribution < -0.4 is 14.8 Å². The van der Waals surface area contributed by atoms with E-state index >= 15 is 0 Å². The Balaban J connectivity index is 0.00000210. The number of rotatable bonds is 5. The molecule has 1 N–H and O–H groups in total. The van der Waals surface area contributed by atoms with E-state index in [-0.39, 0.29) is 12.4 Å². The summed E-state index contributed by atoms with van der Waals surface area (Å²) in [5.41, 5.74) is 3.56. The summed E-state index contributed by atoms with van der Waals surface area (Å²) in [6, 6.07) is 11.6. The van der Waals surface area contributed by atoms with Crippen molar-refractivity contribution in [1.82, 2.24) is 19.6 Å². The van der Waals surface area contributed by atoms with E-state index in [9.17, 15) is 0 Å². The van der Waals surface area contributed by atoms with Gasteiger partial charge in [0.1, 0.15) is 17.8 Å². The third-order valence-corrected chi connectivity index (χ3v) is 4.45. The summed E-state index contributed by atoms with van der Waals surface area (Å²) in [7, 11) is 3.20. The molecule has 0 bridgehead atoms. The Labute approximate surface area is 166 Å². The predicted octanol–water partition coefficient (Wildman–Crippen LogP) is 4.33. The van der Waals surface area contributed by atoms with Crippen LogP contribution in [0, 0.1) is 0 Å². The van der Waals surface area contributed by atoms with E-state index in [2.05, 4.69) is 24.9 Å². The number of hydrogen-bond donors (Lipinski definition) is 1. The molecular formula is C18H16ClN5O2S. The smallest absolute Gasteiger partial charge is 0.162 e. The molecule has 27 heavy (non-hydrogen) atoms. The van der Waals surface area contributed by atoms with Crippen LogP contribution >= 0.6 is 23.9 Å². The molecule has 4 aromatic rings. The molecule has 4 rings (SSSR count). The van der Waals surface area contributed by atoms with Crippen LogP contribution in [0.25, 0.3) is 22.2 Å². The topological polar surface area (TPSA) is 82.1 Å². The van der Waals surface area contributed by atoms with Crippen molar-refractivity contribution in [2.45, 2.75) is 0 Å². The van der Waals surface area contributed by atoms with E-state index in [0.717, 1.165) is 27.8 Å². The van der Waals surface area contributed by atoms with E-state index in [1.54, 1.807) is 14.2 Å². The number of ether oxygens (including phenoxy) is 2. The Kier molecular flexibility index (Phi) is 5.68. The van der Waals surface area contributed by atoms with Gasteiger partial charge in [-0.15, -0.1) is 17.5 Å². The summed E-state index contributed by atoms with van der Waals surface area (Å²) in [6.07, 6.45) is 1.52. The van der Waals surface area contributed by atoms with Crippen molar-refractivity contribution >= 4 is 46.3 Å². The summed E-state index contributed by atoms with van der Waals surface area (Å²) in [6.45, 7) is 0. The van der Waals surface area contributed by atoms with Gasteiger partial charge in [-0.25, -0.2) is 9.97 Å². The Morgan fingerprint density at radius 3 is 2.37 bits per heavy atom. The monoisotopic (exact) mass is 401 g/mol. The number of aromatic nitrogens is 4. The molecule has 0 aliphatic heterocycles. The summed E-state index contributed by atoms with van der Waals surface area (Å²) >= 11 is 1.33. The number of halogens is 1. The predicted molar refractivity (Wildman–Crippen MR) is 109 cm³/mol. The maximum absolute atomic E-state index is 5.39. The molecule has 9 heteroatoms. The van der Waals surface area contributed by atoms with Crippen molar-refractivity contribution in [1.29, 1.82) is 0 Å². The Hall–Kier alpha value is -2.97. The lowest BCUT2D eigenvalue weighted by Gasteiger charge is -2.12. The maximum atomic E-state index is 5.39. The molecule has 0 saturated heterocycles. The number of nitrogens with one attached hydrogen (secondary N) is 1. The van der Waals surface area contributed by atoms with Gasteiger partial charge in [-0.3, -0.25) is 0 Å². The van der Waals surface area contributed by atoms with E-state index in [1.165, 1.54) is 17.9 Å². The number of nitrogens with zero attached hydrogens (tertiary/aromatic N) is 4. The third kappa shape index (κ3) is 3.76. The van der Waals surface area contributed by atoms with E-state index in [4.69, 9.17) is 9.47 Å². The maximum Gasteiger partial charge on any atom is 0.162 e. The molecule has 0 amide bonds. The molecule has 0 fully saturated rings. The van der Waals surface area contributed by atoms with Gasteiger partial charge < -0.3 is 14.8 Å². The van der Waals surface area contributed by atoms with Gasteiger partial charge in [-0.05, 0) is 29.7 Å². The van der Waals surface area contributed by atoms with Gasteiger partial charge in [-0.1, -0.05) is 16.6 Å². The third-order valence-electron chi connectivity index (χ3n) is 3.94. The summed E-state index contributed by atoms with van der Waals surface area (Å²) in [5, 5.41) is 10.2. The molecule has 0 atom stereocenters. The van der Waals surface area contributed by atoms with Crippen LogP contribution in [0.2, 0.25) is 0 Å². The fraction of sp³-hybridized carbons (Fsp3) is 0.111. The second-order valence-corrected chi connectivity index (χ2v) is 6.05. The lowest BCUT2D eigenvalue weighted by molar-refractivity contribution is 0.356. The van der Waals surface area contributed by atoms with Gasteiger partial charge in [0, 0.05) is 28.1 Å². The van der Waals surface area contributed by atoms with Gasteiger partial charge in [0.15, 0.2) is 11.5 Å². The van der Waals surface area contributed by atoms with Crippen LogP contribution in [-0.4, -0.2) is 33.8 Å². The molecule has 7 nitrogen and oxygen atoms in total. The van der Waals surface area contributed by atoms with E-state index in [1.807, 2.05) is 41.8 Å². The number of methoxy groups -OCH3 is 2. The minimum absolute atomic E-state index is 0. The van der Waals surface area contributed by atoms with Crippen molar-refractivity contribution < 1.29 is 9.47 Å². The first-order valence-corrected chi connectivity index (χ1v) is 8.63. The molecule has 0 saturated carbocycles. The SMILES string of the molecule is COc1cc2ncnc(Nc3ccc(-c4csnn4)cc3)c2cc1OC.Cl. The minimum atomic E-state index is 0. The Bertz CT molecular complexity index is 1040. The lowest BCUT2D eigenvalue weighted by atomic mass is 10.1. The number of benzene rings is 2. The van der Waals surface area contributed by atoms with Crippen molar-refractivity contribution in [2.75, 3.05) is 19.5 Å². The Morgan fingerprint density at radius 2 is 1.70 bits per heavy atom. The van der Waals surface area contributed by atoms with Crippen LogP contribution in [-0.2, 0) is 0 Å². The quantitative estimate of drug-likeness (QED) is 0.532. The van der Waals surface area contributed by atoms with Crippen molar-refractivity contribution in [3.8, 4) is 22.8 Å².